The smallest absolute Gasteiger partial charge is 0.0403 e. The second kappa shape index (κ2) is 5.41. The van der Waals surface area contributed by atoms with Crippen molar-refractivity contribution in [2.75, 3.05) is 5.88 Å². The zero-order chi connectivity index (χ0) is 12.3. The third kappa shape index (κ3) is 3.02. The van der Waals surface area contributed by atoms with E-state index in [0.717, 1.165) is 13.0 Å². The number of benzene rings is 1. The van der Waals surface area contributed by atoms with Crippen LogP contribution in [0.1, 0.15) is 43.4 Å². The molecule has 1 N–H and O–H groups in total. The van der Waals surface area contributed by atoms with E-state index in [2.05, 4.69) is 37.4 Å². The lowest BCUT2D eigenvalue weighted by Crippen LogP contribution is -2.42. The summed E-state index contributed by atoms with van der Waals surface area (Å²) in [5, 5.41) is 3.57. The van der Waals surface area contributed by atoms with Crippen molar-refractivity contribution in [3.05, 3.63) is 34.9 Å². The third-order valence-corrected chi connectivity index (χ3v) is 4.55. The van der Waals surface area contributed by atoms with Gasteiger partial charge >= 0.3 is 0 Å². The Morgan fingerprint density at radius 2 is 2.06 bits per heavy atom. The quantitative estimate of drug-likeness (QED) is 0.788. The lowest BCUT2D eigenvalue weighted by atomic mass is 10.0. The Kier molecular flexibility index (Phi) is 4.11. The first kappa shape index (κ1) is 12.9. The molecule has 1 aliphatic rings. The molecule has 1 aromatic rings. The third-order valence-electron chi connectivity index (χ3n) is 3.96. The average molecular weight is 252 g/mol. The van der Waals surface area contributed by atoms with Gasteiger partial charge in [0.1, 0.15) is 0 Å². The first-order chi connectivity index (χ1) is 8.17. The van der Waals surface area contributed by atoms with Crippen LogP contribution in [0.3, 0.4) is 0 Å². The first-order valence-corrected chi connectivity index (χ1v) is 7.12. The molecule has 0 heterocycles. The minimum Gasteiger partial charge on any atom is -0.306 e. The lowest BCUT2D eigenvalue weighted by Gasteiger charge is -2.27. The first-order valence-electron chi connectivity index (χ1n) is 6.58. The summed E-state index contributed by atoms with van der Waals surface area (Å²) in [6.45, 7) is 5.29. The van der Waals surface area contributed by atoms with E-state index in [-0.39, 0.29) is 5.54 Å². The highest BCUT2D eigenvalue weighted by Gasteiger charge is 2.19. The van der Waals surface area contributed by atoms with Crippen LogP contribution in [0, 0.1) is 0 Å². The van der Waals surface area contributed by atoms with Gasteiger partial charge in [-0.1, -0.05) is 25.1 Å². The summed E-state index contributed by atoms with van der Waals surface area (Å²) in [5.41, 5.74) is 4.54. The fourth-order valence-electron chi connectivity index (χ4n) is 2.32. The van der Waals surface area contributed by atoms with Crippen molar-refractivity contribution in [1.82, 2.24) is 5.32 Å². The maximum atomic E-state index is 6.01. The van der Waals surface area contributed by atoms with Crippen molar-refractivity contribution in [3.63, 3.8) is 0 Å². The highest BCUT2D eigenvalue weighted by Crippen LogP contribution is 2.23. The normalized spacial score (nSPS) is 17.8. The van der Waals surface area contributed by atoms with Crippen molar-refractivity contribution < 1.29 is 0 Å². The van der Waals surface area contributed by atoms with Gasteiger partial charge in [0.05, 0.1) is 0 Å². The van der Waals surface area contributed by atoms with Crippen LogP contribution in [0.25, 0.3) is 0 Å². The Hall–Kier alpha value is -0.530. The number of hydrogen-bond donors (Lipinski definition) is 1. The average Bonchev–Trinajstić information content (AvgIpc) is 2.83. The topological polar surface area (TPSA) is 12.0 Å². The van der Waals surface area contributed by atoms with Crippen LogP contribution in [0.2, 0.25) is 0 Å². The van der Waals surface area contributed by atoms with E-state index in [4.69, 9.17) is 11.6 Å². The van der Waals surface area contributed by atoms with Gasteiger partial charge < -0.3 is 5.32 Å². The molecule has 1 nitrogen and oxygen atoms in total. The zero-order valence-corrected chi connectivity index (χ0v) is 11.6. The molecule has 2 rings (SSSR count). The summed E-state index contributed by atoms with van der Waals surface area (Å²) in [6.07, 6.45) is 4.89. The van der Waals surface area contributed by atoms with Crippen molar-refractivity contribution in [2.45, 2.75) is 51.6 Å². The number of hydrogen-bond acceptors (Lipinski definition) is 1. The van der Waals surface area contributed by atoms with Crippen LogP contribution in [0.15, 0.2) is 18.2 Å². The predicted octanol–water partition coefficient (Wildman–Crippen LogP) is 3.67. The van der Waals surface area contributed by atoms with Gasteiger partial charge in [-0.2, -0.15) is 0 Å². The summed E-state index contributed by atoms with van der Waals surface area (Å²) in [5.74, 6) is 0.661. The van der Waals surface area contributed by atoms with Gasteiger partial charge in [0.25, 0.3) is 0 Å². The number of alkyl halides is 1. The number of fused-ring (bicyclic) bond motifs is 1. The summed E-state index contributed by atoms with van der Waals surface area (Å²) in [6, 6.07) is 6.91. The molecule has 1 aliphatic carbocycles. The summed E-state index contributed by atoms with van der Waals surface area (Å²) in [7, 11) is 0. The van der Waals surface area contributed by atoms with Crippen LogP contribution in [-0.2, 0) is 19.4 Å². The molecule has 0 amide bonds. The second-order valence-electron chi connectivity index (χ2n) is 5.36. The molecule has 94 valence electrons. The Morgan fingerprint density at radius 3 is 2.76 bits per heavy atom. The van der Waals surface area contributed by atoms with Crippen LogP contribution in [0.4, 0.5) is 0 Å². The number of nitrogens with one attached hydrogen (secondary N) is 1. The Bertz CT molecular complexity index is 383. The molecule has 0 aromatic heterocycles. The van der Waals surface area contributed by atoms with Crippen molar-refractivity contribution >= 4 is 11.6 Å². The molecule has 0 spiro atoms. The van der Waals surface area contributed by atoms with Crippen LogP contribution < -0.4 is 5.32 Å². The van der Waals surface area contributed by atoms with E-state index in [1.807, 2.05) is 0 Å². The van der Waals surface area contributed by atoms with E-state index >= 15 is 0 Å². The number of aryl methyl sites for hydroxylation is 2. The van der Waals surface area contributed by atoms with Gasteiger partial charge in [-0.05, 0) is 49.3 Å². The minimum absolute atomic E-state index is 0.0561. The van der Waals surface area contributed by atoms with Gasteiger partial charge in [-0.25, -0.2) is 0 Å². The molecule has 0 aliphatic heterocycles. The summed E-state index contributed by atoms with van der Waals surface area (Å²) in [4.78, 5) is 0. The predicted molar refractivity (Wildman–Crippen MR) is 74.7 cm³/mol. The van der Waals surface area contributed by atoms with E-state index in [1.165, 1.54) is 24.8 Å². The highest BCUT2D eigenvalue weighted by atomic mass is 35.5. The molecular weight excluding hydrogens is 230 g/mol. The Balaban J connectivity index is 2.00. The SMILES string of the molecule is CCC(C)(CCl)NCc1ccc2c(c1)CCC2. The molecule has 0 radical (unpaired) electrons. The van der Waals surface area contributed by atoms with Crippen LogP contribution in [0.5, 0.6) is 0 Å². The van der Waals surface area contributed by atoms with Crippen LogP contribution >= 0.6 is 11.6 Å². The molecule has 1 aromatic carbocycles. The Morgan fingerprint density at radius 1 is 1.29 bits per heavy atom. The highest BCUT2D eigenvalue weighted by molar-refractivity contribution is 6.18. The maximum Gasteiger partial charge on any atom is 0.0403 e. The molecule has 0 fully saturated rings. The van der Waals surface area contributed by atoms with E-state index in [1.54, 1.807) is 11.1 Å². The fourth-order valence-corrected chi connectivity index (χ4v) is 2.60. The Labute approximate surface area is 110 Å². The molecule has 17 heavy (non-hydrogen) atoms. The van der Waals surface area contributed by atoms with Crippen LogP contribution in [-0.4, -0.2) is 11.4 Å². The molecule has 1 unspecified atom stereocenters. The molecule has 2 heteroatoms. The molecule has 0 bridgehead atoms. The van der Waals surface area contributed by atoms with Gasteiger partial charge in [0.15, 0.2) is 0 Å². The van der Waals surface area contributed by atoms with E-state index in [9.17, 15) is 0 Å². The molecule has 0 saturated heterocycles. The van der Waals surface area contributed by atoms with Crippen molar-refractivity contribution in [3.8, 4) is 0 Å². The summed E-state index contributed by atoms with van der Waals surface area (Å²) >= 11 is 6.01. The fraction of sp³-hybridized carbons (Fsp3) is 0.600. The van der Waals surface area contributed by atoms with Crippen molar-refractivity contribution in [1.29, 1.82) is 0 Å². The lowest BCUT2D eigenvalue weighted by molar-refractivity contribution is 0.379. The summed E-state index contributed by atoms with van der Waals surface area (Å²) < 4.78 is 0. The standard InChI is InChI=1S/C15H22ClN/c1-3-15(2,11-16)17-10-12-7-8-13-5-4-6-14(13)9-12/h7-9,17H,3-6,10-11H2,1-2H3. The van der Waals surface area contributed by atoms with Gasteiger partial charge in [0.2, 0.25) is 0 Å². The van der Waals surface area contributed by atoms with E-state index in [0.29, 0.717) is 5.88 Å². The van der Waals surface area contributed by atoms with Crippen molar-refractivity contribution in [2.24, 2.45) is 0 Å². The minimum atomic E-state index is 0.0561. The van der Waals surface area contributed by atoms with Gasteiger partial charge in [0, 0.05) is 18.0 Å². The second-order valence-corrected chi connectivity index (χ2v) is 5.63. The maximum absolute atomic E-state index is 6.01. The van der Waals surface area contributed by atoms with Gasteiger partial charge in [-0.3, -0.25) is 0 Å². The molecule has 1 atom stereocenters. The number of rotatable bonds is 5. The zero-order valence-electron chi connectivity index (χ0n) is 10.9. The molecular formula is C15H22ClN. The number of halogens is 1. The largest absolute Gasteiger partial charge is 0.306 e. The molecule has 0 saturated carbocycles. The van der Waals surface area contributed by atoms with E-state index < -0.39 is 0 Å². The monoisotopic (exact) mass is 251 g/mol. The van der Waals surface area contributed by atoms with Gasteiger partial charge in [-0.15, -0.1) is 11.6 Å².